The Morgan fingerprint density at radius 2 is 1.97 bits per heavy atom. The third kappa shape index (κ3) is 3.67. The topological polar surface area (TPSA) is 94.8 Å². The third-order valence-corrected chi connectivity index (χ3v) is 7.56. The second kappa shape index (κ2) is 9.09. The minimum absolute atomic E-state index is 0.0763. The number of piperidine rings is 1. The minimum atomic E-state index is -0.247. The van der Waals surface area contributed by atoms with E-state index in [1.165, 1.54) is 6.42 Å². The van der Waals surface area contributed by atoms with Crippen molar-refractivity contribution in [2.75, 3.05) is 34.0 Å². The van der Waals surface area contributed by atoms with Crippen LogP contribution in [-0.4, -0.2) is 76.0 Å². The maximum Gasteiger partial charge on any atom is 0.254 e. The maximum absolute atomic E-state index is 13.1. The van der Waals surface area contributed by atoms with Crippen LogP contribution in [0.5, 0.6) is 17.2 Å². The molecule has 0 radical (unpaired) electrons. The number of benzene rings is 2. The van der Waals surface area contributed by atoms with E-state index in [9.17, 15) is 4.79 Å². The van der Waals surface area contributed by atoms with Crippen LogP contribution in [0, 0.1) is 0 Å². The molecule has 10 nitrogen and oxygen atoms in total. The summed E-state index contributed by atoms with van der Waals surface area (Å²) in [7, 11) is 3.70. The van der Waals surface area contributed by atoms with E-state index in [0.717, 1.165) is 49.2 Å². The molecule has 1 aromatic heterocycles. The molecule has 3 aromatic rings. The van der Waals surface area contributed by atoms with E-state index in [-0.39, 0.29) is 24.8 Å². The number of hydrogen-bond donors (Lipinski definition) is 0. The Bertz CT molecular complexity index is 1290. The Kier molecular flexibility index (Phi) is 5.75. The summed E-state index contributed by atoms with van der Waals surface area (Å²) in [5.41, 5.74) is 3.58. The molecular formula is C26H30N6O4. The first-order chi connectivity index (χ1) is 17.6. The Labute approximate surface area is 209 Å². The zero-order chi connectivity index (χ0) is 24.8. The fourth-order valence-electron chi connectivity index (χ4n) is 5.62. The van der Waals surface area contributed by atoms with Crippen molar-refractivity contribution in [3.8, 4) is 22.9 Å². The lowest BCUT2D eigenvalue weighted by Gasteiger charge is -2.34. The van der Waals surface area contributed by atoms with Gasteiger partial charge in [0.2, 0.25) is 12.5 Å². The largest absolute Gasteiger partial charge is 0.492 e. The molecule has 1 fully saturated rings. The summed E-state index contributed by atoms with van der Waals surface area (Å²) >= 11 is 0. The molecule has 1 saturated heterocycles. The van der Waals surface area contributed by atoms with Gasteiger partial charge in [0.05, 0.1) is 12.8 Å². The fraction of sp³-hybridized carbons (Fsp3) is 0.462. The number of tetrazole rings is 1. The van der Waals surface area contributed by atoms with Gasteiger partial charge in [-0.05, 0) is 86.0 Å². The third-order valence-electron chi connectivity index (χ3n) is 7.56. The first-order valence-electron chi connectivity index (χ1n) is 12.5. The van der Waals surface area contributed by atoms with Crippen molar-refractivity contribution in [1.82, 2.24) is 30.0 Å². The molecular weight excluding hydrogens is 460 g/mol. The molecule has 2 aromatic carbocycles. The Morgan fingerprint density at radius 1 is 1.14 bits per heavy atom. The number of fused-ring (bicyclic) bond motifs is 2. The Balaban J connectivity index is 1.36. The van der Waals surface area contributed by atoms with Gasteiger partial charge in [-0.3, -0.25) is 9.69 Å². The molecule has 6 rings (SSSR count). The smallest absolute Gasteiger partial charge is 0.254 e. The van der Waals surface area contributed by atoms with Crippen LogP contribution < -0.4 is 14.2 Å². The van der Waals surface area contributed by atoms with Crippen LogP contribution in [-0.2, 0) is 6.42 Å². The molecule has 0 aliphatic carbocycles. The number of methoxy groups -OCH3 is 1. The van der Waals surface area contributed by atoms with E-state index in [2.05, 4.69) is 34.4 Å². The predicted molar refractivity (Wildman–Crippen MR) is 131 cm³/mol. The number of likely N-dealkylation sites (N-methyl/N-ethyl adjacent to an activating group) is 1. The van der Waals surface area contributed by atoms with Crippen molar-refractivity contribution < 1.29 is 19.0 Å². The summed E-state index contributed by atoms with van der Waals surface area (Å²) in [5.74, 6) is 2.72. The summed E-state index contributed by atoms with van der Waals surface area (Å²) in [6.07, 6.45) is 4.14. The molecule has 1 amide bonds. The average molecular weight is 491 g/mol. The van der Waals surface area contributed by atoms with Gasteiger partial charge in [-0.2, -0.15) is 4.68 Å². The Hall–Kier alpha value is -3.66. The number of nitrogens with zero attached hydrogens (tertiary/aromatic N) is 6. The number of carbonyl (C=O) groups is 1. The highest BCUT2D eigenvalue weighted by molar-refractivity contribution is 5.94. The fourth-order valence-corrected chi connectivity index (χ4v) is 5.62. The maximum atomic E-state index is 13.1. The molecule has 3 aliphatic rings. The average Bonchev–Trinajstić information content (AvgIpc) is 3.57. The minimum Gasteiger partial charge on any atom is -0.492 e. The zero-order valence-corrected chi connectivity index (χ0v) is 20.8. The normalized spacial score (nSPS) is 21.4. The summed E-state index contributed by atoms with van der Waals surface area (Å²) < 4.78 is 18.9. The second-order valence-electron chi connectivity index (χ2n) is 9.69. The van der Waals surface area contributed by atoms with E-state index < -0.39 is 0 Å². The summed E-state index contributed by atoms with van der Waals surface area (Å²) in [6.45, 7) is 3.94. The van der Waals surface area contributed by atoms with Crippen LogP contribution in [0.25, 0.3) is 5.69 Å². The van der Waals surface area contributed by atoms with E-state index >= 15 is 0 Å². The molecule has 10 heteroatoms. The number of aromatic nitrogens is 4. The summed E-state index contributed by atoms with van der Waals surface area (Å²) in [6, 6.07) is 9.60. The monoisotopic (exact) mass is 490 g/mol. The van der Waals surface area contributed by atoms with E-state index in [0.29, 0.717) is 28.6 Å². The Morgan fingerprint density at radius 3 is 2.75 bits per heavy atom. The van der Waals surface area contributed by atoms with Crippen LogP contribution in [0.4, 0.5) is 0 Å². The molecule has 0 N–H and O–H groups in total. The molecule has 4 heterocycles. The van der Waals surface area contributed by atoms with Crippen molar-refractivity contribution in [3.05, 3.63) is 52.8 Å². The van der Waals surface area contributed by atoms with Gasteiger partial charge >= 0.3 is 0 Å². The molecule has 2 atom stereocenters. The van der Waals surface area contributed by atoms with Crippen LogP contribution in [0.3, 0.4) is 0 Å². The van der Waals surface area contributed by atoms with Crippen LogP contribution >= 0.6 is 0 Å². The van der Waals surface area contributed by atoms with Crippen molar-refractivity contribution in [2.24, 2.45) is 0 Å². The number of ether oxygens (including phenoxy) is 3. The highest BCUT2D eigenvalue weighted by Gasteiger charge is 2.37. The molecule has 0 unspecified atom stereocenters. The van der Waals surface area contributed by atoms with Crippen molar-refractivity contribution >= 4 is 5.91 Å². The van der Waals surface area contributed by atoms with Gasteiger partial charge in [-0.25, -0.2) is 0 Å². The van der Waals surface area contributed by atoms with Gasteiger partial charge in [-0.15, -0.1) is 5.10 Å². The zero-order valence-electron chi connectivity index (χ0n) is 20.8. The highest BCUT2D eigenvalue weighted by Crippen LogP contribution is 2.50. The molecule has 36 heavy (non-hydrogen) atoms. The van der Waals surface area contributed by atoms with Crippen LogP contribution in [0.15, 0.2) is 30.3 Å². The van der Waals surface area contributed by atoms with Gasteiger partial charge < -0.3 is 19.1 Å². The highest BCUT2D eigenvalue weighted by atomic mass is 16.7. The summed E-state index contributed by atoms with van der Waals surface area (Å²) in [4.78, 5) is 17.3. The summed E-state index contributed by atoms with van der Waals surface area (Å²) in [5, 5.41) is 12.8. The van der Waals surface area contributed by atoms with Crippen LogP contribution in [0.1, 0.15) is 59.5 Å². The van der Waals surface area contributed by atoms with E-state index in [4.69, 9.17) is 14.2 Å². The van der Waals surface area contributed by atoms with Gasteiger partial charge in [0, 0.05) is 30.3 Å². The lowest BCUT2D eigenvalue weighted by molar-refractivity contribution is 0.0635. The SMILES string of the molecule is COc1c2c(cc3c1[C@H](c1nnnn1-c1ccc(C(=O)N4CCCC[C@@H]4C)cc1)N(C)CC3)OCO2. The van der Waals surface area contributed by atoms with E-state index in [1.54, 1.807) is 11.8 Å². The second-order valence-corrected chi connectivity index (χ2v) is 9.69. The van der Waals surface area contributed by atoms with Gasteiger partial charge in [0.15, 0.2) is 17.3 Å². The van der Waals surface area contributed by atoms with Crippen molar-refractivity contribution in [2.45, 2.75) is 44.7 Å². The molecule has 3 aliphatic heterocycles. The molecule has 0 bridgehead atoms. The molecule has 188 valence electrons. The molecule has 0 saturated carbocycles. The number of likely N-dealkylation sites (tertiary alicyclic amines) is 1. The lowest BCUT2D eigenvalue weighted by atomic mass is 9.90. The number of carbonyl (C=O) groups excluding carboxylic acids is 1. The number of hydrogen-bond acceptors (Lipinski definition) is 8. The van der Waals surface area contributed by atoms with Crippen LogP contribution in [0.2, 0.25) is 0 Å². The molecule has 0 spiro atoms. The first kappa shape index (κ1) is 22.8. The van der Waals surface area contributed by atoms with Crippen molar-refractivity contribution in [1.29, 1.82) is 0 Å². The lowest BCUT2D eigenvalue weighted by Crippen LogP contribution is -2.42. The number of amides is 1. The predicted octanol–water partition coefficient (Wildman–Crippen LogP) is 2.99. The number of rotatable bonds is 4. The van der Waals surface area contributed by atoms with Gasteiger partial charge in [-0.1, -0.05) is 0 Å². The standard InChI is InChI=1S/C26H30N6O4/c1-16-6-4-5-12-31(16)26(33)17-7-9-19(10-8-17)32-25(27-28-29-32)22-21-18(11-13-30(22)2)14-20-23(24(21)34-3)36-15-35-20/h7-10,14,16,22H,4-6,11-13,15H2,1-3H3/t16-,22+/m0/s1. The van der Waals surface area contributed by atoms with Crippen molar-refractivity contribution in [3.63, 3.8) is 0 Å². The van der Waals surface area contributed by atoms with Gasteiger partial charge in [0.1, 0.15) is 6.04 Å². The first-order valence-corrected chi connectivity index (χ1v) is 12.5. The quantitative estimate of drug-likeness (QED) is 0.551. The van der Waals surface area contributed by atoms with E-state index in [1.807, 2.05) is 35.2 Å². The van der Waals surface area contributed by atoms with Gasteiger partial charge in [0.25, 0.3) is 5.91 Å².